The topological polar surface area (TPSA) is 20.3 Å². The zero-order valence-corrected chi connectivity index (χ0v) is 16.1. The lowest BCUT2D eigenvalue weighted by atomic mass is 9.75. The highest BCUT2D eigenvalue weighted by atomic mass is 16.1. The highest BCUT2D eigenvalue weighted by Gasteiger charge is 2.31. The normalized spacial score (nSPS) is 20.7. The summed E-state index contributed by atoms with van der Waals surface area (Å²) in [6, 6.07) is 21.2. The maximum Gasteiger partial charge on any atom is 0.137 e. The molecule has 1 aliphatic carbocycles. The van der Waals surface area contributed by atoms with Crippen LogP contribution in [0.4, 0.5) is 0 Å². The summed E-state index contributed by atoms with van der Waals surface area (Å²) in [6.45, 7) is 7.25. The number of carbonyl (C=O) groups is 1. The molecule has 0 bridgehead atoms. The van der Waals surface area contributed by atoms with Crippen LogP contribution in [-0.2, 0) is 17.9 Å². The monoisotopic (exact) mass is 349 g/mol. The van der Waals surface area contributed by atoms with Gasteiger partial charge in [-0.15, -0.1) is 0 Å². The molecular formula is C24H31NO. The lowest BCUT2D eigenvalue weighted by Gasteiger charge is -2.34. The zero-order valence-electron chi connectivity index (χ0n) is 16.1. The van der Waals surface area contributed by atoms with Crippen LogP contribution in [0.5, 0.6) is 0 Å². The van der Waals surface area contributed by atoms with Crippen molar-refractivity contribution in [1.29, 1.82) is 0 Å². The molecule has 0 N–H and O–H groups in total. The predicted molar refractivity (Wildman–Crippen MR) is 108 cm³/mol. The SMILES string of the molecule is CC(C)C1CCC(=O)[C@H](CN(Cc2ccccc2)Cc2ccccc2)C1. The number of hydrogen-bond acceptors (Lipinski definition) is 2. The second-order valence-corrected chi connectivity index (χ2v) is 8.08. The molecular weight excluding hydrogens is 318 g/mol. The van der Waals surface area contributed by atoms with E-state index in [-0.39, 0.29) is 5.92 Å². The smallest absolute Gasteiger partial charge is 0.137 e. The van der Waals surface area contributed by atoms with Gasteiger partial charge in [-0.3, -0.25) is 9.69 Å². The number of hydrogen-bond donors (Lipinski definition) is 0. The average molecular weight is 350 g/mol. The van der Waals surface area contributed by atoms with Crippen molar-refractivity contribution >= 4 is 5.78 Å². The minimum Gasteiger partial charge on any atom is -0.299 e. The van der Waals surface area contributed by atoms with Crippen LogP contribution in [-0.4, -0.2) is 17.2 Å². The summed E-state index contributed by atoms with van der Waals surface area (Å²) in [5.41, 5.74) is 2.62. The van der Waals surface area contributed by atoms with Gasteiger partial charge in [0.25, 0.3) is 0 Å². The molecule has 26 heavy (non-hydrogen) atoms. The molecule has 0 spiro atoms. The fourth-order valence-corrected chi connectivity index (χ4v) is 4.11. The fraction of sp³-hybridized carbons (Fsp3) is 0.458. The van der Waals surface area contributed by atoms with Crippen LogP contribution in [0, 0.1) is 17.8 Å². The first-order chi connectivity index (χ1) is 12.6. The number of ketones is 1. The molecule has 2 atom stereocenters. The van der Waals surface area contributed by atoms with Crippen molar-refractivity contribution in [2.75, 3.05) is 6.54 Å². The number of carbonyl (C=O) groups excluding carboxylic acids is 1. The first-order valence-electron chi connectivity index (χ1n) is 9.94. The van der Waals surface area contributed by atoms with Gasteiger partial charge in [0.2, 0.25) is 0 Å². The van der Waals surface area contributed by atoms with E-state index in [4.69, 9.17) is 0 Å². The van der Waals surface area contributed by atoms with E-state index in [1.54, 1.807) is 0 Å². The van der Waals surface area contributed by atoms with Gasteiger partial charge in [0.15, 0.2) is 0 Å². The van der Waals surface area contributed by atoms with E-state index in [1.165, 1.54) is 11.1 Å². The second-order valence-electron chi connectivity index (χ2n) is 8.08. The Morgan fingerprint density at radius 1 is 0.923 bits per heavy atom. The molecule has 2 heteroatoms. The van der Waals surface area contributed by atoms with Crippen molar-refractivity contribution in [2.45, 2.75) is 46.2 Å². The lowest BCUT2D eigenvalue weighted by molar-refractivity contribution is -0.126. The Morgan fingerprint density at radius 3 is 1.96 bits per heavy atom. The van der Waals surface area contributed by atoms with Crippen LogP contribution in [0.3, 0.4) is 0 Å². The Kier molecular flexibility index (Phi) is 6.62. The Hall–Kier alpha value is -1.93. The summed E-state index contributed by atoms with van der Waals surface area (Å²) < 4.78 is 0. The molecule has 0 heterocycles. The van der Waals surface area contributed by atoms with E-state index in [0.717, 1.165) is 38.9 Å². The molecule has 3 rings (SSSR count). The highest BCUT2D eigenvalue weighted by molar-refractivity contribution is 5.82. The van der Waals surface area contributed by atoms with Crippen LogP contribution in [0.25, 0.3) is 0 Å². The molecule has 1 unspecified atom stereocenters. The van der Waals surface area contributed by atoms with Gasteiger partial charge < -0.3 is 0 Å². The molecule has 0 aliphatic heterocycles. The summed E-state index contributed by atoms with van der Waals surface area (Å²) in [4.78, 5) is 15.0. The van der Waals surface area contributed by atoms with E-state index in [2.05, 4.69) is 79.4 Å². The summed E-state index contributed by atoms with van der Waals surface area (Å²) in [5.74, 6) is 2.01. The third-order valence-corrected chi connectivity index (χ3v) is 5.72. The van der Waals surface area contributed by atoms with Gasteiger partial charge in [-0.1, -0.05) is 74.5 Å². The van der Waals surface area contributed by atoms with E-state index >= 15 is 0 Å². The van der Waals surface area contributed by atoms with Crippen LogP contribution in [0.2, 0.25) is 0 Å². The van der Waals surface area contributed by atoms with E-state index in [9.17, 15) is 4.79 Å². The second kappa shape index (κ2) is 9.14. The highest BCUT2D eigenvalue weighted by Crippen LogP contribution is 2.32. The minimum absolute atomic E-state index is 0.184. The van der Waals surface area contributed by atoms with Crippen LogP contribution in [0.1, 0.15) is 44.2 Å². The summed E-state index contributed by atoms with van der Waals surface area (Å²) in [6.07, 6.45) is 2.89. The zero-order chi connectivity index (χ0) is 18.4. The quantitative estimate of drug-likeness (QED) is 0.673. The first-order valence-corrected chi connectivity index (χ1v) is 9.94. The molecule has 2 aromatic rings. The fourth-order valence-electron chi connectivity index (χ4n) is 4.11. The molecule has 138 valence electrons. The Morgan fingerprint density at radius 2 is 1.46 bits per heavy atom. The molecule has 1 aliphatic rings. The maximum absolute atomic E-state index is 12.6. The molecule has 1 saturated carbocycles. The number of rotatable bonds is 7. The van der Waals surface area contributed by atoms with Gasteiger partial charge >= 0.3 is 0 Å². The van der Waals surface area contributed by atoms with Crippen molar-refractivity contribution in [3.8, 4) is 0 Å². The molecule has 0 saturated heterocycles. The van der Waals surface area contributed by atoms with Crippen molar-refractivity contribution in [3.63, 3.8) is 0 Å². The Bertz CT molecular complexity index is 638. The summed E-state index contributed by atoms with van der Waals surface area (Å²) >= 11 is 0. The maximum atomic E-state index is 12.6. The van der Waals surface area contributed by atoms with E-state index in [1.807, 2.05) is 0 Å². The lowest BCUT2D eigenvalue weighted by Crippen LogP contribution is -2.37. The minimum atomic E-state index is 0.184. The van der Waals surface area contributed by atoms with Gasteiger partial charge in [0.1, 0.15) is 5.78 Å². The first kappa shape index (κ1) is 18.8. The summed E-state index contributed by atoms with van der Waals surface area (Å²) in [5, 5.41) is 0. The van der Waals surface area contributed by atoms with E-state index in [0.29, 0.717) is 17.6 Å². The molecule has 2 nitrogen and oxygen atoms in total. The summed E-state index contributed by atoms with van der Waals surface area (Å²) in [7, 11) is 0. The molecule has 2 aromatic carbocycles. The number of benzene rings is 2. The van der Waals surface area contributed by atoms with Crippen molar-refractivity contribution in [3.05, 3.63) is 71.8 Å². The molecule has 0 radical (unpaired) electrons. The largest absolute Gasteiger partial charge is 0.299 e. The van der Waals surface area contributed by atoms with E-state index < -0.39 is 0 Å². The van der Waals surface area contributed by atoms with Gasteiger partial charge in [-0.2, -0.15) is 0 Å². The van der Waals surface area contributed by atoms with Gasteiger partial charge in [-0.25, -0.2) is 0 Å². The standard InChI is InChI=1S/C24H31NO/c1-19(2)22-13-14-24(26)23(15-22)18-25(16-20-9-5-3-6-10-20)17-21-11-7-4-8-12-21/h3-12,19,22-23H,13-18H2,1-2H3/t22?,23-/m0/s1. The van der Waals surface area contributed by atoms with Crippen molar-refractivity contribution in [1.82, 2.24) is 4.90 Å². The van der Waals surface area contributed by atoms with Crippen molar-refractivity contribution in [2.24, 2.45) is 17.8 Å². The third-order valence-electron chi connectivity index (χ3n) is 5.72. The Balaban J connectivity index is 1.72. The predicted octanol–water partition coefficient (Wildman–Crippen LogP) is 5.33. The van der Waals surface area contributed by atoms with Gasteiger partial charge in [0, 0.05) is 32.0 Å². The van der Waals surface area contributed by atoms with Gasteiger partial charge in [0.05, 0.1) is 0 Å². The van der Waals surface area contributed by atoms with Gasteiger partial charge in [-0.05, 0) is 35.8 Å². The molecule has 1 fully saturated rings. The molecule has 0 amide bonds. The number of nitrogens with zero attached hydrogens (tertiary/aromatic N) is 1. The molecule has 0 aromatic heterocycles. The van der Waals surface area contributed by atoms with Crippen LogP contribution >= 0.6 is 0 Å². The average Bonchev–Trinajstić information content (AvgIpc) is 2.65. The van der Waals surface area contributed by atoms with Crippen molar-refractivity contribution < 1.29 is 4.79 Å². The third kappa shape index (κ3) is 5.28. The van der Waals surface area contributed by atoms with Crippen LogP contribution in [0.15, 0.2) is 60.7 Å². The van der Waals surface area contributed by atoms with Crippen LogP contribution < -0.4 is 0 Å². The number of Topliss-reactive ketones (excluding diaryl/α,β-unsaturated/α-hetero) is 1. The Labute approximate surface area is 158 Å².